The molecule has 2 aromatic heterocycles. The number of nitrogens with zero attached hydrogens (tertiary/aromatic N) is 2. The Morgan fingerprint density at radius 2 is 2.04 bits per heavy atom. The molecule has 0 radical (unpaired) electrons. The van der Waals surface area contributed by atoms with Gasteiger partial charge in [-0.05, 0) is 23.8 Å². The smallest absolute Gasteiger partial charge is 0.354 e. The molecule has 1 saturated heterocycles. The number of carboxylic acids is 1. The lowest BCUT2D eigenvalue weighted by Gasteiger charge is -2.22. The fourth-order valence-corrected chi connectivity index (χ4v) is 2.53. The van der Waals surface area contributed by atoms with Crippen LogP contribution in [0.25, 0.3) is 0 Å². The minimum absolute atomic E-state index is 0.0971. The Bertz CT molecular complexity index is 773. The molecule has 0 atom stereocenters. The molecule has 1 fully saturated rings. The van der Waals surface area contributed by atoms with Gasteiger partial charge in [-0.1, -0.05) is 0 Å². The van der Waals surface area contributed by atoms with Crippen LogP contribution in [0.4, 0.5) is 0 Å². The first kappa shape index (κ1) is 17.8. The Kier molecular flexibility index (Phi) is 5.75. The molecule has 1 amide bonds. The fraction of sp³-hybridized carbons (Fsp3) is 0.333. The van der Waals surface area contributed by atoms with Crippen LogP contribution in [0.1, 0.15) is 39.3 Å². The van der Waals surface area contributed by atoms with Crippen LogP contribution in [-0.2, 0) is 11.3 Å². The lowest BCUT2D eigenvalue weighted by molar-refractivity contribution is 0.0237. The Balaban J connectivity index is 1.56. The average molecular weight is 357 g/mol. The number of hydrogen-bond acceptors (Lipinski definition) is 6. The molecule has 8 nitrogen and oxygen atoms in total. The van der Waals surface area contributed by atoms with Crippen LogP contribution >= 0.6 is 0 Å². The zero-order chi connectivity index (χ0) is 18.4. The molecule has 2 N–H and O–H groups in total. The topological polar surface area (TPSA) is 111 Å². The largest absolute Gasteiger partial charge is 0.477 e. The molecule has 0 aliphatic carbocycles. The average Bonchev–Trinajstić information content (AvgIpc) is 2.67. The van der Waals surface area contributed by atoms with Crippen LogP contribution in [0.2, 0.25) is 0 Å². The Hall–Kier alpha value is -3.00. The van der Waals surface area contributed by atoms with Gasteiger partial charge in [-0.15, -0.1) is 0 Å². The van der Waals surface area contributed by atoms with Crippen LogP contribution in [0.3, 0.4) is 0 Å². The molecular formula is C18H19N3O5. The van der Waals surface area contributed by atoms with Gasteiger partial charge >= 0.3 is 5.97 Å². The van der Waals surface area contributed by atoms with E-state index in [4.69, 9.17) is 14.6 Å². The summed E-state index contributed by atoms with van der Waals surface area (Å²) in [5, 5.41) is 11.6. The molecule has 136 valence electrons. The third-order valence-corrected chi connectivity index (χ3v) is 3.95. The van der Waals surface area contributed by atoms with Crippen molar-refractivity contribution in [2.75, 3.05) is 13.2 Å². The van der Waals surface area contributed by atoms with E-state index in [1.54, 1.807) is 18.3 Å². The van der Waals surface area contributed by atoms with Gasteiger partial charge in [0.05, 0.1) is 18.8 Å². The number of hydrogen-bond donors (Lipinski definition) is 2. The first-order valence-electron chi connectivity index (χ1n) is 8.28. The molecule has 0 unspecified atom stereocenters. The van der Waals surface area contributed by atoms with E-state index in [0.29, 0.717) is 31.2 Å². The normalized spacial score (nSPS) is 14.6. The van der Waals surface area contributed by atoms with E-state index in [1.807, 2.05) is 0 Å². The summed E-state index contributed by atoms with van der Waals surface area (Å²) in [4.78, 5) is 30.9. The van der Waals surface area contributed by atoms with E-state index in [2.05, 4.69) is 15.3 Å². The van der Waals surface area contributed by atoms with Crippen molar-refractivity contribution in [1.29, 1.82) is 0 Å². The van der Waals surface area contributed by atoms with Crippen LogP contribution in [-0.4, -0.2) is 46.3 Å². The van der Waals surface area contributed by atoms with Gasteiger partial charge in [0.15, 0.2) is 0 Å². The summed E-state index contributed by atoms with van der Waals surface area (Å²) in [6.07, 6.45) is 4.65. The predicted molar refractivity (Wildman–Crippen MR) is 91.1 cm³/mol. The monoisotopic (exact) mass is 357 g/mol. The first-order chi connectivity index (χ1) is 12.6. The number of ether oxygens (including phenoxy) is 2. The summed E-state index contributed by atoms with van der Waals surface area (Å²) in [5.41, 5.74) is 1.04. The Labute approximate surface area is 150 Å². The number of nitrogens with one attached hydrogen (secondary N) is 1. The molecule has 26 heavy (non-hydrogen) atoms. The number of carbonyl (C=O) groups excluding carboxylic acids is 1. The van der Waals surface area contributed by atoms with E-state index in [-0.39, 0.29) is 17.7 Å². The molecule has 3 rings (SSSR count). The summed E-state index contributed by atoms with van der Waals surface area (Å²) in [5.74, 6) is -0.944. The van der Waals surface area contributed by atoms with Crippen molar-refractivity contribution in [2.45, 2.75) is 25.5 Å². The quantitative estimate of drug-likeness (QED) is 0.809. The van der Waals surface area contributed by atoms with Crippen molar-refractivity contribution in [3.05, 3.63) is 53.5 Å². The molecular weight excluding hydrogens is 338 g/mol. The van der Waals surface area contributed by atoms with Gasteiger partial charge in [0.1, 0.15) is 11.8 Å². The second-order valence-electron chi connectivity index (χ2n) is 5.85. The highest BCUT2D eigenvalue weighted by Crippen LogP contribution is 2.16. The predicted octanol–water partition coefficient (Wildman–Crippen LogP) is 1.66. The van der Waals surface area contributed by atoms with Crippen molar-refractivity contribution in [3.8, 4) is 5.88 Å². The molecule has 0 spiro atoms. The fourth-order valence-electron chi connectivity index (χ4n) is 2.53. The van der Waals surface area contributed by atoms with Crippen molar-refractivity contribution in [2.24, 2.45) is 0 Å². The van der Waals surface area contributed by atoms with E-state index in [1.165, 1.54) is 18.3 Å². The van der Waals surface area contributed by atoms with Crippen LogP contribution in [0, 0.1) is 0 Å². The number of rotatable bonds is 6. The van der Waals surface area contributed by atoms with Crippen molar-refractivity contribution < 1.29 is 24.2 Å². The lowest BCUT2D eigenvalue weighted by atomic mass is 10.1. The zero-order valence-corrected chi connectivity index (χ0v) is 14.1. The van der Waals surface area contributed by atoms with Gasteiger partial charge in [-0.25, -0.2) is 14.8 Å². The summed E-state index contributed by atoms with van der Waals surface area (Å²) < 4.78 is 11.2. The number of aromatic carboxylic acids is 1. The summed E-state index contributed by atoms with van der Waals surface area (Å²) in [7, 11) is 0. The number of carboxylic acid groups (broad SMARTS) is 1. The van der Waals surface area contributed by atoms with E-state index >= 15 is 0 Å². The number of aromatic nitrogens is 2. The maximum Gasteiger partial charge on any atom is 0.354 e. The second kappa shape index (κ2) is 8.39. The van der Waals surface area contributed by atoms with Gasteiger partial charge in [0.2, 0.25) is 5.88 Å². The van der Waals surface area contributed by atoms with Gasteiger partial charge in [0.25, 0.3) is 5.91 Å². The Morgan fingerprint density at radius 1 is 1.23 bits per heavy atom. The molecule has 3 heterocycles. The minimum Gasteiger partial charge on any atom is -0.477 e. The molecule has 0 saturated carbocycles. The number of amides is 1. The molecule has 8 heteroatoms. The zero-order valence-electron chi connectivity index (χ0n) is 14.1. The minimum atomic E-state index is -1.13. The molecule has 1 aliphatic rings. The highest BCUT2D eigenvalue weighted by Gasteiger charge is 2.16. The van der Waals surface area contributed by atoms with Gasteiger partial charge in [0, 0.05) is 37.8 Å². The van der Waals surface area contributed by atoms with E-state index < -0.39 is 5.97 Å². The maximum absolute atomic E-state index is 12.1. The van der Waals surface area contributed by atoms with E-state index in [9.17, 15) is 9.59 Å². The molecule has 0 bridgehead atoms. The highest BCUT2D eigenvalue weighted by molar-refractivity contribution is 5.94. The van der Waals surface area contributed by atoms with E-state index in [0.717, 1.165) is 18.4 Å². The second-order valence-corrected chi connectivity index (χ2v) is 5.85. The van der Waals surface area contributed by atoms with Crippen LogP contribution < -0.4 is 10.1 Å². The lowest BCUT2D eigenvalue weighted by Crippen LogP contribution is -2.26. The van der Waals surface area contributed by atoms with Gasteiger partial charge < -0.3 is 19.9 Å². The maximum atomic E-state index is 12.1. The van der Waals surface area contributed by atoms with Gasteiger partial charge in [-0.2, -0.15) is 0 Å². The first-order valence-corrected chi connectivity index (χ1v) is 8.28. The summed E-state index contributed by atoms with van der Waals surface area (Å²) in [6.45, 7) is 1.68. The van der Waals surface area contributed by atoms with Gasteiger partial charge in [-0.3, -0.25) is 4.79 Å². The SMILES string of the molecule is O=C(NCc1ccnc(OC2CCOCC2)c1)c1ccc(C(=O)O)nc1. The highest BCUT2D eigenvalue weighted by atomic mass is 16.5. The van der Waals surface area contributed by atoms with Crippen molar-refractivity contribution in [1.82, 2.24) is 15.3 Å². The Morgan fingerprint density at radius 3 is 2.73 bits per heavy atom. The standard InChI is InChI=1S/C18H19N3O5/c22-17(13-1-2-15(18(23)24)20-11-13)21-10-12-3-6-19-16(9-12)26-14-4-7-25-8-5-14/h1-3,6,9,11,14H,4-5,7-8,10H2,(H,21,22)(H,23,24). The molecule has 1 aliphatic heterocycles. The summed E-state index contributed by atoms with van der Waals surface area (Å²) in [6, 6.07) is 6.31. The van der Waals surface area contributed by atoms with Crippen molar-refractivity contribution >= 4 is 11.9 Å². The summed E-state index contributed by atoms with van der Waals surface area (Å²) >= 11 is 0. The third kappa shape index (κ3) is 4.76. The third-order valence-electron chi connectivity index (χ3n) is 3.95. The van der Waals surface area contributed by atoms with Crippen LogP contribution in [0.15, 0.2) is 36.7 Å². The van der Waals surface area contributed by atoms with Crippen molar-refractivity contribution in [3.63, 3.8) is 0 Å². The van der Waals surface area contributed by atoms with Crippen LogP contribution in [0.5, 0.6) is 5.88 Å². The number of pyridine rings is 2. The molecule has 2 aromatic rings. The number of carbonyl (C=O) groups is 2. The molecule has 0 aromatic carbocycles.